The fourth-order valence-corrected chi connectivity index (χ4v) is 3.18. The number of hydrogen-bond donors (Lipinski definition) is 2. The van der Waals surface area contributed by atoms with Crippen LogP contribution in [0.2, 0.25) is 5.02 Å². The number of nitrogens with zero attached hydrogens (tertiary/aromatic N) is 1. The predicted molar refractivity (Wildman–Crippen MR) is 75.8 cm³/mol. The van der Waals surface area contributed by atoms with Gasteiger partial charge in [0.05, 0.1) is 16.6 Å². The number of aliphatic carboxylic acids is 1. The molecule has 5 nitrogen and oxygen atoms in total. The Morgan fingerprint density at radius 1 is 1.53 bits per heavy atom. The normalized spacial score (nSPS) is 18.4. The van der Waals surface area contributed by atoms with Crippen LogP contribution in [0, 0.1) is 6.92 Å². The summed E-state index contributed by atoms with van der Waals surface area (Å²) >= 11 is 7.44. The maximum atomic E-state index is 12.0. The number of anilines is 1. The molecule has 1 heterocycles. The number of hydrogen-bond acceptors (Lipinski definition) is 3. The fraction of sp³-hybridized carbons (Fsp3) is 0.333. The first-order valence-corrected chi connectivity index (χ1v) is 7.16. The van der Waals surface area contributed by atoms with Gasteiger partial charge in [0.15, 0.2) is 0 Å². The van der Waals surface area contributed by atoms with Gasteiger partial charge in [0.1, 0.15) is 6.04 Å². The van der Waals surface area contributed by atoms with E-state index in [0.29, 0.717) is 22.3 Å². The lowest BCUT2D eigenvalue weighted by Gasteiger charge is -2.21. The molecule has 1 aliphatic rings. The number of amides is 2. The van der Waals surface area contributed by atoms with Crippen molar-refractivity contribution in [3.63, 3.8) is 0 Å². The average molecular weight is 301 g/mol. The number of halogens is 1. The number of aryl methyl sites for hydroxylation is 1. The van der Waals surface area contributed by atoms with Crippen molar-refractivity contribution in [1.29, 1.82) is 0 Å². The monoisotopic (exact) mass is 300 g/mol. The Kier molecular flexibility index (Phi) is 4.21. The van der Waals surface area contributed by atoms with Crippen LogP contribution in [0.4, 0.5) is 10.5 Å². The predicted octanol–water partition coefficient (Wildman–Crippen LogP) is 2.64. The van der Waals surface area contributed by atoms with E-state index in [1.807, 2.05) is 13.0 Å². The van der Waals surface area contributed by atoms with Crippen LogP contribution in [0.1, 0.15) is 5.56 Å². The minimum absolute atomic E-state index is 0.367. The second kappa shape index (κ2) is 5.71. The zero-order valence-corrected chi connectivity index (χ0v) is 11.8. The highest BCUT2D eigenvalue weighted by Gasteiger charge is 2.34. The molecule has 2 amide bonds. The van der Waals surface area contributed by atoms with Crippen LogP contribution >= 0.6 is 23.4 Å². The topological polar surface area (TPSA) is 69.6 Å². The van der Waals surface area contributed by atoms with Gasteiger partial charge in [0.2, 0.25) is 0 Å². The number of carboxylic acids is 1. The van der Waals surface area contributed by atoms with Gasteiger partial charge in [-0.3, -0.25) is 0 Å². The first kappa shape index (κ1) is 14.0. The largest absolute Gasteiger partial charge is 0.480 e. The number of rotatable bonds is 2. The molecule has 1 saturated heterocycles. The quantitative estimate of drug-likeness (QED) is 0.881. The van der Waals surface area contributed by atoms with Crippen molar-refractivity contribution >= 4 is 41.1 Å². The lowest BCUT2D eigenvalue weighted by Crippen LogP contribution is -2.44. The van der Waals surface area contributed by atoms with Crippen LogP contribution in [0.25, 0.3) is 0 Å². The smallest absolute Gasteiger partial charge is 0.327 e. The Balaban J connectivity index is 2.10. The summed E-state index contributed by atoms with van der Waals surface area (Å²) in [6.07, 6.45) is 0. The molecule has 2 rings (SSSR count). The third-order valence-electron chi connectivity index (χ3n) is 2.79. The van der Waals surface area contributed by atoms with Crippen LogP contribution in [-0.2, 0) is 4.79 Å². The summed E-state index contributed by atoms with van der Waals surface area (Å²) in [6.45, 7) is 1.90. The maximum absolute atomic E-state index is 12.0. The summed E-state index contributed by atoms with van der Waals surface area (Å²) in [5, 5.41) is 12.1. The number of carboxylic acid groups (broad SMARTS) is 1. The van der Waals surface area contributed by atoms with Crippen molar-refractivity contribution in [1.82, 2.24) is 4.90 Å². The van der Waals surface area contributed by atoms with Gasteiger partial charge < -0.3 is 15.3 Å². The van der Waals surface area contributed by atoms with Crippen molar-refractivity contribution < 1.29 is 14.7 Å². The lowest BCUT2D eigenvalue weighted by atomic mass is 10.2. The molecule has 102 valence electrons. The van der Waals surface area contributed by atoms with Gasteiger partial charge in [0.25, 0.3) is 0 Å². The van der Waals surface area contributed by atoms with Crippen molar-refractivity contribution in [3.05, 3.63) is 28.8 Å². The van der Waals surface area contributed by atoms with E-state index in [2.05, 4.69) is 5.32 Å². The Morgan fingerprint density at radius 2 is 2.26 bits per heavy atom. The van der Waals surface area contributed by atoms with Crippen LogP contribution < -0.4 is 5.32 Å². The second-order valence-corrected chi connectivity index (χ2v) is 5.64. The van der Waals surface area contributed by atoms with Gasteiger partial charge in [-0.05, 0) is 24.6 Å². The molecule has 0 spiro atoms. The zero-order chi connectivity index (χ0) is 14.0. The molecule has 0 bridgehead atoms. The third kappa shape index (κ3) is 3.13. The molecule has 0 aliphatic carbocycles. The van der Waals surface area contributed by atoms with Gasteiger partial charge in [0, 0.05) is 5.75 Å². The third-order valence-corrected chi connectivity index (χ3v) is 4.12. The molecule has 19 heavy (non-hydrogen) atoms. The Hall–Kier alpha value is -1.40. The molecular formula is C12H13ClN2O3S. The van der Waals surface area contributed by atoms with Gasteiger partial charge in [-0.25, -0.2) is 9.59 Å². The van der Waals surface area contributed by atoms with Crippen molar-refractivity contribution in [2.75, 3.05) is 16.9 Å². The molecule has 1 aromatic rings. The molecule has 0 saturated carbocycles. The number of carbonyl (C=O) groups is 2. The van der Waals surface area contributed by atoms with Crippen LogP contribution in [0.5, 0.6) is 0 Å². The molecule has 1 aromatic carbocycles. The fourth-order valence-electron chi connectivity index (χ4n) is 1.76. The molecule has 0 aromatic heterocycles. The number of carbonyl (C=O) groups excluding carboxylic acids is 1. The number of benzene rings is 1. The molecule has 0 radical (unpaired) electrons. The molecule has 2 N–H and O–H groups in total. The summed E-state index contributed by atoms with van der Waals surface area (Å²) in [6, 6.07) is 4.05. The van der Waals surface area contributed by atoms with Crippen molar-refractivity contribution in [2.45, 2.75) is 13.0 Å². The molecule has 7 heteroatoms. The summed E-state index contributed by atoms with van der Waals surface area (Å²) in [7, 11) is 0. The molecule has 1 unspecified atom stereocenters. The van der Waals surface area contributed by atoms with E-state index >= 15 is 0 Å². The summed E-state index contributed by atoms with van der Waals surface area (Å²) in [4.78, 5) is 24.4. The number of thioether (sulfide) groups is 1. The van der Waals surface area contributed by atoms with Crippen LogP contribution in [-0.4, -0.2) is 39.7 Å². The minimum Gasteiger partial charge on any atom is -0.480 e. The minimum atomic E-state index is -0.991. The van der Waals surface area contributed by atoms with Crippen molar-refractivity contribution in [2.24, 2.45) is 0 Å². The van der Waals surface area contributed by atoms with E-state index in [4.69, 9.17) is 16.7 Å². The van der Waals surface area contributed by atoms with Crippen LogP contribution in [0.15, 0.2) is 18.2 Å². The molecule has 1 atom stereocenters. The summed E-state index contributed by atoms with van der Waals surface area (Å²) in [5.74, 6) is -0.216. The maximum Gasteiger partial charge on any atom is 0.327 e. The van der Waals surface area contributed by atoms with E-state index in [9.17, 15) is 9.59 Å². The molecule has 1 fully saturated rings. The standard InChI is InChI=1S/C12H13ClN2O3S/c1-7-2-3-9(8(13)4-7)14-12(18)15-6-19-5-10(15)11(16)17/h2-4,10H,5-6H2,1H3,(H,14,18)(H,16,17). The van der Waals surface area contributed by atoms with E-state index in [1.54, 1.807) is 12.1 Å². The number of nitrogens with one attached hydrogen (secondary N) is 1. The first-order valence-electron chi connectivity index (χ1n) is 5.63. The van der Waals surface area contributed by atoms with Gasteiger partial charge in [-0.15, -0.1) is 11.8 Å². The zero-order valence-electron chi connectivity index (χ0n) is 10.2. The van der Waals surface area contributed by atoms with Gasteiger partial charge in [-0.1, -0.05) is 17.7 Å². The number of urea groups is 1. The van der Waals surface area contributed by atoms with E-state index < -0.39 is 18.0 Å². The molecule has 1 aliphatic heterocycles. The average Bonchev–Trinajstić information content (AvgIpc) is 2.82. The Bertz CT molecular complexity index is 524. The second-order valence-electron chi connectivity index (χ2n) is 4.24. The van der Waals surface area contributed by atoms with Crippen molar-refractivity contribution in [3.8, 4) is 0 Å². The van der Waals surface area contributed by atoms with Crippen LogP contribution in [0.3, 0.4) is 0 Å². The summed E-state index contributed by atoms with van der Waals surface area (Å²) in [5.41, 5.74) is 1.47. The van der Waals surface area contributed by atoms with Gasteiger partial charge in [-0.2, -0.15) is 0 Å². The van der Waals surface area contributed by atoms with E-state index in [1.165, 1.54) is 16.7 Å². The van der Waals surface area contributed by atoms with E-state index in [-0.39, 0.29) is 0 Å². The van der Waals surface area contributed by atoms with E-state index in [0.717, 1.165) is 5.56 Å². The highest BCUT2D eigenvalue weighted by atomic mass is 35.5. The SMILES string of the molecule is Cc1ccc(NC(=O)N2CSCC2C(=O)O)c(Cl)c1. The summed E-state index contributed by atoms with van der Waals surface area (Å²) < 4.78 is 0. The highest BCUT2D eigenvalue weighted by molar-refractivity contribution is 7.99. The Morgan fingerprint density at radius 3 is 2.89 bits per heavy atom. The highest BCUT2D eigenvalue weighted by Crippen LogP contribution is 2.26. The first-order chi connectivity index (χ1) is 8.99. The lowest BCUT2D eigenvalue weighted by molar-refractivity contribution is -0.140. The van der Waals surface area contributed by atoms with Gasteiger partial charge >= 0.3 is 12.0 Å². The molecular weight excluding hydrogens is 288 g/mol. The Labute approximate surface area is 119 Å².